The lowest BCUT2D eigenvalue weighted by molar-refractivity contribution is -0.117. The van der Waals surface area contributed by atoms with Gasteiger partial charge < -0.3 is 20.4 Å². The van der Waals surface area contributed by atoms with Crippen LogP contribution in [0.2, 0.25) is 0 Å². The van der Waals surface area contributed by atoms with Crippen LogP contribution in [-0.4, -0.2) is 62.6 Å². The predicted molar refractivity (Wildman–Crippen MR) is 120 cm³/mol. The number of para-hydroxylation sites is 1. The van der Waals surface area contributed by atoms with E-state index < -0.39 is 0 Å². The van der Waals surface area contributed by atoms with E-state index in [1.54, 1.807) is 7.05 Å². The van der Waals surface area contributed by atoms with Gasteiger partial charge in [-0.2, -0.15) is 0 Å². The number of aliphatic imine (C=N–C) groups is 1. The van der Waals surface area contributed by atoms with E-state index in [1.807, 2.05) is 35.2 Å². The molecule has 6 nitrogen and oxygen atoms in total. The molecule has 26 heavy (non-hydrogen) atoms. The molecule has 1 aromatic rings. The van der Waals surface area contributed by atoms with Crippen LogP contribution in [-0.2, 0) is 4.79 Å². The average molecular weight is 473 g/mol. The Bertz CT molecular complexity index is 562. The molecule has 0 bridgehead atoms. The Labute approximate surface area is 174 Å². The van der Waals surface area contributed by atoms with Crippen molar-refractivity contribution < 1.29 is 4.79 Å². The maximum absolute atomic E-state index is 12.3. The zero-order chi connectivity index (χ0) is 18.1. The summed E-state index contributed by atoms with van der Waals surface area (Å²) in [5.41, 5.74) is 0.957. The van der Waals surface area contributed by atoms with Crippen molar-refractivity contribution in [2.24, 2.45) is 4.99 Å². The lowest BCUT2D eigenvalue weighted by Crippen LogP contribution is -2.45. The molecule has 0 saturated carbocycles. The summed E-state index contributed by atoms with van der Waals surface area (Å²) in [6.45, 7) is 9.18. The van der Waals surface area contributed by atoms with Crippen LogP contribution < -0.4 is 15.5 Å². The molecule has 1 aliphatic rings. The number of carbonyl (C=O) groups is 1. The monoisotopic (exact) mass is 473 g/mol. The first-order chi connectivity index (χ1) is 12.2. The number of anilines is 1. The third kappa shape index (κ3) is 6.75. The van der Waals surface area contributed by atoms with Crippen LogP contribution in [0.25, 0.3) is 0 Å². The molecule has 1 aliphatic heterocycles. The molecule has 146 valence electrons. The summed E-state index contributed by atoms with van der Waals surface area (Å²) in [7, 11) is 1.77. The second kappa shape index (κ2) is 12.1. The smallest absolute Gasteiger partial charge is 0.229 e. The number of hydrogen-bond acceptors (Lipinski definition) is 3. The van der Waals surface area contributed by atoms with Gasteiger partial charge in [-0.1, -0.05) is 32.0 Å². The van der Waals surface area contributed by atoms with E-state index in [9.17, 15) is 4.79 Å². The molecule has 1 saturated heterocycles. The molecule has 2 N–H and O–H groups in total. The summed E-state index contributed by atoms with van der Waals surface area (Å²) in [4.78, 5) is 20.8. The van der Waals surface area contributed by atoms with Crippen molar-refractivity contribution in [3.05, 3.63) is 30.3 Å². The minimum atomic E-state index is 0. The first-order valence-corrected chi connectivity index (χ1v) is 9.22. The van der Waals surface area contributed by atoms with Crippen LogP contribution in [0.3, 0.4) is 0 Å². The van der Waals surface area contributed by atoms with Crippen LogP contribution in [0.15, 0.2) is 35.3 Å². The Morgan fingerprint density at radius 3 is 2.58 bits per heavy atom. The minimum absolute atomic E-state index is 0. The number of benzene rings is 1. The van der Waals surface area contributed by atoms with E-state index in [-0.39, 0.29) is 35.9 Å². The normalized spacial score (nSPS) is 17.4. The number of nitrogens with zero attached hydrogens (tertiary/aromatic N) is 3. The summed E-state index contributed by atoms with van der Waals surface area (Å²) < 4.78 is 0. The highest BCUT2D eigenvalue weighted by Gasteiger charge is 2.30. The van der Waals surface area contributed by atoms with Gasteiger partial charge in [-0.05, 0) is 38.2 Å². The summed E-state index contributed by atoms with van der Waals surface area (Å²) in [5.74, 6) is 0.924. The van der Waals surface area contributed by atoms with Crippen LogP contribution >= 0.6 is 24.0 Å². The zero-order valence-electron chi connectivity index (χ0n) is 16.1. The fraction of sp³-hybridized carbons (Fsp3) is 0.579. The molecule has 1 fully saturated rings. The third-order valence-electron chi connectivity index (χ3n) is 4.60. The summed E-state index contributed by atoms with van der Waals surface area (Å²) in [6, 6.07) is 9.91. The van der Waals surface area contributed by atoms with Gasteiger partial charge in [0.2, 0.25) is 5.91 Å². The van der Waals surface area contributed by atoms with Crippen molar-refractivity contribution in [1.29, 1.82) is 0 Å². The largest absolute Gasteiger partial charge is 0.356 e. The van der Waals surface area contributed by atoms with Crippen molar-refractivity contribution in [3.8, 4) is 0 Å². The SMILES string of the molecule is CCN(CC)CCCNC(=NC)NC1CC(=O)N(c2ccccc2)C1.I. The molecule has 0 spiro atoms. The van der Waals surface area contributed by atoms with Gasteiger partial charge in [0, 0.05) is 32.2 Å². The van der Waals surface area contributed by atoms with Crippen LogP contribution in [0.4, 0.5) is 5.69 Å². The molecule has 1 amide bonds. The molecule has 1 heterocycles. The van der Waals surface area contributed by atoms with Crippen molar-refractivity contribution in [2.75, 3.05) is 44.7 Å². The van der Waals surface area contributed by atoms with Crippen LogP contribution in [0, 0.1) is 0 Å². The lowest BCUT2D eigenvalue weighted by Gasteiger charge is -2.20. The topological polar surface area (TPSA) is 60.0 Å². The molecule has 1 aromatic carbocycles. The molecule has 1 unspecified atom stereocenters. The molecule has 2 rings (SSSR count). The summed E-state index contributed by atoms with van der Waals surface area (Å²) >= 11 is 0. The standard InChI is InChI=1S/C19H31N5O.HI/c1-4-23(5-2)13-9-12-21-19(20-3)22-16-14-18(25)24(15-16)17-10-7-6-8-11-17;/h6-8,10-11,16H,4-5,9,12-15H2,1-3H3,(H2,20,21,22);1H. The van der Waals surface area contributed by atoms with E-state index in [0.29, 0.717) is 13.0 Å². The van der Waals surface area contributed by atoms with E-state index in [2.05, 4.69) is 34.4 Å². The molecule has 0 radical (unpaired) electrons. The number of amides is 1. The van der Waals surface area contributed by atoms with Gasteiger partial charge >= 0.3 is 0 Å². The van der Waals surface area contributed by atoms with Crippen LogP contribution in [0.5, 0.6) is 0 Å². The van der Waals surface area contributed by atoms with Gasteiger partial charge in [0.25, 0.3) is 0 Å². The Kier molecular flexibility index (Phi) is 10.6. The van der Waals surface area contributed by atoms with Gasteiger partial charge in [0.1, 0.15) is 0 Å². The fourth-order valence-electron chi connectivity index (χ4n) is 3.10. The maximum atomic E-state index is 12.3. The predicted octanol–water partition coefficient (Wildman–Crippen LogP) is 2.31. The highest BCUT2D eigenvalue weighted by Crippen LogP contribution is 2.20. The minimum Gasteiger partial charge on any atom is -0.356 e. The third-order valence-corrected chi connectivity index (χ3v) is 4.60. The quantitative estimate of drug-likeness (QED) is 0.263. The number of hydrogen-bond donors (Lipinski definition) is 2. The molecular weight excluding hydrogens is 441 g/mol. The van der Waals surface area contributed by atoms with Crippen molar-refractivity contribution in [1.82, 2.24) is 15.5 Å². The van der Waals surface area contributed by atoms with Gasteiger partial charge in [0.05, 0.1) is 6.04 Å². The fourth-order valence-corrected chi connectivity index (χ4v) is 3.10. The number of nitrogens with one attached hydrogen (secondary N) is 2. The second-order valence-electron chi connectivity index (χ2n) is 6.26. The van der Waals surface area contributed by atoms with Crippen molar-refractivity contribution in [2.45, 2.75) is 32.7 Å². The molecule has 1 atom stereocenters. The van der Waals surface area contributed by atoms with Gasteiger partial charge in [-0.3, -0.25) is 9.79 Å². The van der Waals surface area contributed by atoms with Crippen molar-refractivity contribution >= 4 is 41.5 Å². The zero-order valence-corrected chi connectivity index (χ0v) is 18.4. The van der Waals surface area contributed by atoms with Crippen molar-refractivity contribution in [3.63, 3.8) is 0 Å². The van der Waals surface area contributed by atoms with Gasteiger partial charge in [-0.25, -0.2) is 0 Å². The van der Waals surface area contributed by atoms with Gasteiger partial charge in [0.15, 0.2) is 5.96 Å². The number of carbonyl (C=O) groups excluding carboxylic acids is 1. The molecule has 7 heteroatoms. The van der Waals surface area contributed by atoms with E-state index in [1.165, 1.54) is 0 Å². The Morgan fingerprint density at radius 1 is 1.27 bits per heavy atom. The first kappa shape index (κ1) is 22.7. The number of halogens is 1. The number of guanidine groups is 1. The van der Waals surface area contributed by atoms with E-state index in [4.69, 9.17) is 0 Å². The van der Waals surface area contributed by atoms with E-state index >= 15 is 0 Å². The Morgan fingerprint density at radius 2 is 1.96 bits per heavy atom. The first-order valence-electron chi connectivity index (χ1n) is 9.22. The second-order valence-corrected chi connectivity index (χ2v) is 6.26. The Hall–Kier alpha value is -1.35. The average Bonchev–Trinajstić information content (AvgIpc) is 3.01. The Balaban J connectivity index is 0.00000338. The van der Waals surface area contributed by atoms with Gasteiger partial charge in [-0.15, -0.1) is 24.0 Å². The number of rotatable bonds is 8. The molecule has 0 aliphatic carbocycles. The highest BCUT2D eigenvalue weighted by atomic mass is 127. The van der Waals surface area contributed by atoms with E-state index in [0.717, 1.165) is 44.2 Å². The maximum Gasteiger partial charge on any atom is 0.229 e. The van der Waals surface area contributed by atoms with Crippen LogP contribution in [0.1, 0.15) is 26.7 Å². The summed E-state index contributed by atoms with van der Waals surface area (Å²) in [5, 5.41) is 6.73. The summed E-state index contributed by atoms with van der Waals surface area (Å²) in [6.07, 6.45) is 1.57. The molecular formula is C19H32IN5O. The highest BCUT2D eigenvalue weighted by molar-refractivity contribution is 14.0. The molecule has 0 aromatic heterocycles. The lowest BCUT2D eigenvalue weighted by atomic mass is 10.2.